The summed E-state index contributed by atoms with van der Waals surface area (Å²) in [5.74, 6) is 0.898. The molecule has 0 aliphatic heterocycles. The van der Waals surface area contributed by atoms with E-state index in [4.69, 9.17) is 10.3 Å². The van der Waals surface area contributed by atoms with Gasteiger partial charge in [0.25, 0.3) is 0 Å². The molecule has 1 heterocycles. The maximum atomic E-state index is 13.3. The molecule has 1 amide bonds. The van der Waals surface area contributed by atoms with E-state index in [2.05, 4.69) is 15.5 Å². The van der Waals surface area contributed by atoms with E-state index in [0.29, 0.717) is 41.7 Å². The number of nitrogens with zero attached hydrogens (tertiary/aromatic N) is 2. The number of rotatable bonds is 7. The predicted molar refractivity (Wildman–Crippen MR) is 98.3 cm³/mol. The third-order valence-corrected chi connectivity index (χ3v) is 4.78. The zero-order valence-electron chi connectivity index (χ0n) is 14.9. The Bertz CT molecular complexity index is 778. The van der Waals surface area contributed by atoms with Gasteiger partial charge in [-0.15, -0.1) is 12.4 Å². The van der Waals surface area contributed by atoms with Crippen LogP contribution in [0.1, 0.15) is 37.6 Å². The number of hydrogen-bond donors (Lipinski definition) is 2. The minimum absolute atomic E-state index is 0. The lowest BCUT2D eigenvalue weighted by Gasteiger charge is -2.29. The molecule has 1 aromatic carbocycles. The number of hydrogen-bond acceptors (Lipinski definition) is 5. The fourth-order valence-electron chi connectivity index (χ4n) is 2.90. The highest BCUT2D eigenvalue weighted by Gasteiger charge is 2.41. The highest BCUT2D eigenvalue weighted by Crippen LogP contribution is 2.39. The number of nitrogens with two attached hydrogens (primary N) is 1. The van der Waals surface area contributed by atoms with Gasteiger partial charge in [0.15, 0.2) is 0 Å². The summed E-state index contributed by atoms with van der Waals surface area (Å²) >= 11 is 0. The van der Waals surface area contributed by atoms with Gasteiger partial charge in [-0.2, -0.15) is 4.98 Å². The maximum absolute atomic E-state index is 13.3. The number of carbonyl (C=O) groups is 1. The van der Waals surface area contributed by atoms with Crippen molar-refractivity contribution in [3.05, 3.63) is 35.5 Å². The van der Waals surface area contributed by atoms with Crippen LogP contribution in [0.2, 0.25) is 0 Å². The molecule has 1 atom stereocenters. The molecule has 0 saturated heterocycles. The first-order valence-electron chi connectivity index (χ1n) is 8.51. The minimum Gasteiger partial charge on any atom is -0.349 e. The second-order valence-electron chi connectivity index (χ2n) is 6.92. The summed E-state index contributed by atoms with van der Waals surface area (Å²) < 4.78 is 18.5. The van der Waals surface area contributed by atoms with E-state index in [1.807, 2.05) is 6.92 Å². The molecule has 1 unspecified atom stereocenters. The van der Waals surface area contributed by atoms with Crippen LogP contribution in [0.25, 0.3) is 11.4 Å². The Balaban J connectivity index is 0.00000243. The largest absolute Gasteiger partial charge is 0.349 e. The Morgan fingerprint density at radius 1 is 1.46 bits per heavy atom. The smallest absolute Gasteiger partial charge is 0.227 e. The summed E-state index contributed by atoms with van der Waals surface area (Å²) in [5.41, 5.74) is 6.68. The second-order valence-corrected chi connectivity index (χ2v) is 6.92. The Morgan fingerprint density at radius 3 is 2.81 bits per heavy atom. The van der Waals surface area contributed by atoms with Crippen molar-refractivity contribution in [1.29, 1.82) is 0 Å². The van der Waals surface area contributed by atoms with Crippen LogP contribution < -0.4 is 11.1 Å². The van der Waals surface area contributed by atoms with Crippen molar-refractivity contribution in [2.45, 2.75) is 45.1 Å². The van der Waals surface area contributed by atoms with Gasteiger partial charge in [-0.3, -0.25) is 4.79 Å². The number of aryl methyl sites for hydroxylation is 2. The lowest BCUT2D eigenvalue weighted by Crippen LogP contribution is -2.53. The summed E-state index contributed by atoms with van der Waals surface area (Å²) in [6.45, 7) is 4.10. The average Bonchev–Trinajstić information content (AvgIpc) is 3.35. The zero-order chi connectivity index (χ0) is 18.0. The van der Waals surface area contributed by atoms with Gasteiger partial charge in [0.1, 0.15) is 5.82 Å². The SMILES string of the molecule is Cc1cc(-c2noc(CCC(=O)NC(C)(CN)C3CC3)n2)ccc1F.Cl. The van der Waals surface area contributed by atoms with Crippen LogP contribution in [-0.4, -0.2) is 28.1 Å². The van der Waals surface area contributed by atoms with Crippen LogP contribution >= 0.6 is 12.4 Å². The highest BCUT2D eigenvalue weighted by molar-refractivity contribution is 5.85. The summed E-state index contributed by atoms with van der Waals surface area (Å²) in [5, 5.41) is 6.94. The van der Waals surface area contributed by atoms with E-state index in [1.165, 1.54) is 6.07 Å². The molecule has 2 aromatic rings. The normalized spacial score (nSPS) is 15.8. The van der Waals surface area contributed by atoms with Gasteiger partial charge in [-0.05, 0) is 56.4 Å². The molecule has 3 N–H and O–H groups in total. The average molecular weight is 383 g/mol. The van der Waals surface area contributed by atoms with E-state index >= 15 is 0 Å². The molecule has 142 valence electrons. The molecule has 1 fully saturated rings. The van der Waals surface area contributed by atoms with Gasteiger partial charge in [-0.1, -0.05) is 5.16 Å². The molecule has 3 rings (SSSR count). The van der Waals surface area contributed by atoms with Crippen molar-refractivity contribution < 1.29 is 13.7 Å². The van der Waals surface area contributed by atoms with Crippen LogP contribution in [0.3, 0.4) is 0 Å². The van der Waals surface area contributed by atoms with E-state index in [9.17, 15) is 9.18 Å². The van der Waals surface area contributed by atoms with E-state index < -0.39 is 0 Å². The first-order chi connectivity index (χ1) is 11.9. The van der Waals surface area contributed by atoms with Crippen LogP contribution in [0.4, 0.5) is 4.39 Å². The van der Waals surface area contributed by atoms with Gasteiger partial charge < -0.3 is 15.6 Å². The highest BCUT2D eigenvalue weighted by atomic mass is 35.5. The van der Waals surface area contributed by atoms with Crippen LogP contribution in [-0.2, 0) is 11.2 Å². The predicted octanol–water partition coefficient (Wildman–Crippen LogP) is 2.78. The molecule has 6 nitrogen and oxygen atoms in total. The number of benzene rings is 1. The van der Waals surface area contributed by atoms with Gasteiger partial charge in [0.05, 0.1) is 5.54 Å². The fourth-order valence-corrected chi connectivity index (χ4v) is 2.90. The molecule has 1 aliphatic carbocycles. The summed E-state index contributed by atoms with van der Waals surface area (Å²) in [7, 11) is 0. The van der Waals surface area contributed by atoms with Crippen LogP contribution in [0.5, 0.6) is 0 Å². The summed E-state index contributed by atoms with van der Waals surface area (Å²) in [6.07, 6.45) is 2.83. The van der Waals surface area contributed by atoms with Gasteiger partial charge in [0, 0.05) is 24.9 Å². The molecular formula is C18H24ClFN4O2. The molecule has 0 spiro atoms. The number of carbonyl (C=O) groups excluding carboxylic acids is 1. The van der Waals surface area contributed by atoms with Gasteiger partial charge >= 0.3 is 0 Å². The zero-order valence-corrected chi connectivity index (χ0v) is 15.7. The number of halogens is 2. The molecule has 1 aliphatic rings. The Kier molecular flexibility index (Phi) is 6.36. The molecule has 26 heavy (non-hydrogen) atoms. The quantitative estimate of drug-likeness (QED) is 0.767. The topological polar surface area (TPSA) is 94.0 Å². The molecular weight excluding hydrogens is 359 g/mol. The number of nitrogens with one attached hydrogen (secondary N) is 1. The Morgan fingerprint density at radius 2 is 2.19 bits per heavy atom. The monoisotopic (exact) mass is 382 g/mol. The van der Waals surface area contributed by atoms with E-state index in [1.54, 1.807) is 19.1 Å². The third kappa shape index (κ3) is 4.59. The third-order valence-electron chi connectivity index (χ3n) is 4.78. The van der Waals surface area contributed by atoms with E-state index in [0.717, 1.165) is 12.8 Å². The van der Waals surface area contributed by atoms with Crippen molar-refractivity contribution in [1.82, 2.24) is 15.5 Å². The lowest BCUT2D eigenvalue weighted by molar-refractivity contribution is -0.123. The molecule has 8 heteroatoms. The van der Waals surface area contributed by atoms with E-state index in [-0.39, 0.29) is 36.1 Å². The lowest BCUT2D eigenvalue weighted by atomic mass is 9.95. The van der Waals surface area contributed by atoms with Crippen molar-refractivity contribution in [3.63, 3.8) is 0 Å². The molecule has 0 bridgehead atoms. The standard InChI is InChI=1S/C18H23FN4O2.ClH/c1-11-9-12(3-6-14(11)19)17-21-16(25-23-17)8-7-15(24)22-18(2,10-20)13-4-5-13;/h3,6,9,13H,4-5,7-8,10,20H2,1-2H3,(H,22,24);1H. The minimum atomic E-state index is -0.331. The molecule has 1 saturated carbocycles. The first-order valence-corrected chi connectivity index (χ1v) is 8.51. The molecule has 0 radical (unpaired) electrons. The summed E-state index contributed by atoms with van der Waals surface area (Å²) in [4.78, 5) is 16.5. The Labute approximate surface area is 158 Å². The second kappa shape index (κ2) is 8.14. The Hall–Kier alpha value is -1.99. The summed E-state index contributed by atoms with van der Waals surface area (Å²) in [6, 6.07) is 4.64. The van der Waals surface area contributed by atoms with Crippen molar-refractivity contribution in [3.8, 4) is 11.4 Å². The van der Waals surface area contributed by atoms with Gasteiger partial charge in [0.2, 0.25) is 17.6 Å². The van der Waals surface area contributed by atoms with Crippen molar-refractivity contribution in [2.75, 3.05) is 6.54 Å². The fraction of sp³-hybridized carbons (Fsp3) is 0.500. The number of aromatic nitrogens is 2. The van der Waals surface area contributed by atoms with Crippen molar-refractivity contribution in [2.24, 2.45) is 11.7 Å². The van der Waals surface area contributed by atoms with Crippen molar-refractivity contribution >= 4 is 18.3 Å². The first kappa shape index (κ1) is 20.3. The molecule has 1 aromatic heterocycles. The van der Waals surface area contributed by atoms with Crippen LogP contribution in [0.15, 0.2) is 22.7 Å². The van der Waals surface area contributed by atoms with Gasteiger partial charge in [-0.25, -0.2) is 4.39 Å². The number of amides is 1. The van der Waals surface area contributed by atoms with Crippen LogP contribution in [0, 0.1) is 18.7 Å². The maximum Gasteiger partial charge on any atom is 0.227 e.